The van der Waals surface area contributed by atoms with Gasteiger partial charge in [-0.15, -0.1) is 0 Å². The number of carbonyl (C=O) groups is 2. The second kappa shape index (κ2) is 15.0. The average molecular weight is 690 g/mol. The Hall–Kier alpha value is -3.07. The van der Waals surface area contributed by atoms with Crippen molar-refractivity contribution in [3.8, 4) is 0 Å². The quantitative estimate of drug-likeness (QED) is 0.139. The lowest BCUT2D eigenvalue weighted by molar-refractivity contribution is -0.118. The normalized spacial score (nSPS) is 23.4. The number of nitrogen functional groups attached to an aromatic ring is 1. The number of imidazole rings is 1. The topological polar surface area (TPSA) is 182 Å². The summed E-state index contributed by atoms with van der Waals surface area (Å²) in [5, 5.41) is 5.77. The van der Waals surface area contributed by atoms with Gasteiger partial charge in [0.25, 0.3) is 7.52 Å². The van der Waals surface area contributed by atoms with Gasteiger partial charge in [0.05, 0.1) is 31.2 Å². The van der Waals surface area contributed by atoms with Crippen LogP contribution in [0.15, 0.2) is 43.0 Å². The molecule has 1 amide bonds. The number of rotatable bonds is 16. The third-order valence-electron chi connectivity index (χ3n) is 8.25. The second-order valence-electron chi connectivity index (χ2n) is 12.8. The highest BCUT2D eigenvalue weighted by Crippen LogP contribution is 2.60. The predicted molar refractivity (Wildman–Crippen MR) is 178 cm³/mol. The summed E-state index contributed by atoms with van der Waals surface area (Å²) in [5.41, 5.74) is 7.38. The van der Waals surface area contributed by atoms with Gasteiger partial charge in [-0.05, 0) is 25.8 Å². The summed E-state index contributed by atoms with van der Waals surface area (Å²) in [5.74, 6) is 0.748. The van der Waals surface area contributed by atoms with E-state index in [1.165, 1.54) is 6.33 Å². The third-order valence-corrected chi connectivity index (χ3v) is 11.2. The summed E-state index contributed by atoms with van der Waals surface area (Å²) in [7, 11) is -3.47. The Bertz CT molecular complexity index is 1590. The first-order chi connectivity index (χ1) is 22.4. The molecule has 5 rings (SSSR count). The van der Waals surface area contributed by atoms with Crippen LogP contribution in [0.3, 0.4) is 0 Å². The predicted octanol–water partition coefficient (Wildman–Crippen LogP) is 4.72. The minimum atomic E-state index is -3.47. The number of hydrogen-bond acceptors (Lipinski definition) is 12. The Morgan fingerprint density at radius 2 is 1.96 bits per heavy atom. The Morgan fingerprint density at radius 1 is 1.19 bits per heavy atom. The van der Waals surface area contributed by atoms with E-state index in [1.807, 2.05) is 48.7 Å². The number of amides is 1. The Kier molecular flexibility index (Phi) is 11.2. The van der Waals surface area contributed by atoms with Crippen LogP contribution in [0.4, 0.5) is 10.6 Å². The maximum absolute atomic E-state index is 14.1. The van der Waals surface area contributed by atoms with Crippen LogP contribution in [0.1, 0.15) is 52.8 Å². The molecule has 6 atom stereocenters. The number of hydrogen-bond donors (Lipinski definition) is 3. The zero-order valence-electron chi connectivity index (χ0n) is 27.3. The largest absolute Gasteiger partial charge is 0.447 e. The number of thioether (sulfide) groups is 1. The molecule has 14 nitrogen and oxygen atoms in total. The summed E-state index contributed by atoms with van der Waals surface area (Å²) >= 11 is 1.15. The number of nitrogens with two attached hydrogens (primary N) is 1. The molecule has 2 aromatic heterocycles. The molecule has 47 heavy (non-hydrogen) atoms. The smallest absolute Gasteiger partial charge is 0.407 e. The van der Waals surface area contributed by atoms with Crippen molar-refractivity contribution >= 4 is 47.5 Å². The molecular weight excluding hydrogens is 645 g/mol. The Labute approximate surface area is 278 Å². The Morgan fingerprint density at radius 3 is 2.66 bits per heavy atom. The Balaban J connectivity index is 1.12. The molecule has 0 radical (unpaired) electrons. The summed E-state index contributed by atoms with van der Waals surface area (Å²) < 4.78 is 39.5. The first kappa shape index (κ1) is 35.2. The SMILES string of the molecule is CC(C)OC(=O)NCCC(C)(C)C(=O)SCCOCP(=O)(NCc1ccccc1)OC1C2OC(n3cnc4c(N)ncnc43)C(C)C21. The first-order valence-electron chi connectivity index (χ1n) is 15.7. The summed E-state index contributed by atoms with van der Waals surface area (Å²) in [6, 6.07) is 9.64. The molecule has 3 aromatic rings. The fourth-order valence-electron chi connectivity index (χ4n) is 5.55. The van der Waals surface area contributed by atoms with E-state index in [4.69, 9.17) is 24.5 Å². The molecule has 1 aromatic carbocycles. The molecule has 1 saturated carbocycles. The molecule has 2 aliphatic rings. The molecule has 256 valence electrons. The number of ether oxygens (including phenoxy) is 3. The number of anilines is 1. The van der Waals surface area contributed by atoms with Gasteiger partial charge in [0.1, 0.15) is 24.4 Å². The van der Waals surface area contributed by atoms with Crippen molar-refractivity contribution in [1.29, 1.82) is 0 Å². The van der Waals surface area contributed by atoms with Crippen LogP contribution in [-0.4, -0.2) is 74.3 Å². The summed E-state index contributed by atoms with van der Waals surface area (Å²) in [6.07, 6.45) is 1.72. The second-order valence-corrected chi connectivity index (χ2v) is 16.0. The van der Waals surface area contributed by atoms with Gasteiger partial charge < -0.3 is 29.8 Å². The lowest BCUT2D eigenvalue weighted by Gasteiger charge is -2.25. The molecule has 2 fully saturated rings. The number of alkyl carbamates (subject to hydrolysis) is 1. The molecule has 4 N–H and O–H groups in total. The zero-order chi connectivity index (χ0) is 33.8. The minimum Gasteiger partial charge on any atom is -0.447 e. The van der Waals surface area contributed by atoms with Crippen molar-refractivity contribution in [2.75, 3.05) is 31.0 Å². The monoisotopic (exact) mass is 689 g/mol. The lowest BCUT2D eigenvalue weighted by atomic mass is 9.91. The van der Waals surface area contributed by atoms with Crippen molar-refractivity contribution in [3.63, 3.8) is 0 Å². The number of aromatic nitrogens is 4. The number of fused-ring (bicyclic) bond motifs is 2. The molecule has 1 aliphatic heterocycles. The number of nitrogens with zero attached hydrogens (tertiary/aromatic N) is 4. The van der Waals surface area contributed by atoms with Crippen LogP contribution in [0, 0.1) is 17.3 Å². The van der Waals surface area contributed by atoms with E-state index in [0.717, 1.165) is 17.3 Å². The molecule has 16 heteroatoms. The van der Waals surface area contributed by atoms with E-state index in [9.17, 15) is 14.2 Å². The molecule has 3 heterocycles. The summed E-state index contributed by atoms with van der Waals surface area (Å²) in [6.45, 7) is 10.2. The molecule has 1 saturated heterocycles. The van der Waals surface area contributed by atoms with Crippen LogP contribution < -0.4 is 16.1 Å². The highest BCUT2D eigenvalue weighted by molar-refractivity contribution is 8.13. The van der Waals surface area contributed by atoms with E-state index >= 15 is 0 Å². The van der Waals surface area contributed by atoms with Crippen molar-refractivity contribution in [2.45, 2.75) is 72.1 Å². The van der Waals surface area contributed by atoms with Gasteiger partial charge >= 0.3 is 6.09 Å². The van der Waals surface area contributed by atoms with Gasteiger partial charge in [-0.2, -0.15) is 0 Å². The fraction of sp³-hybridized carbons (Fsp3) is 0.581. The van der Waals surface area contributed by atoms with Crippen LogP contribution in [0.5, 0.6) is 0 Å². The zero-order valence-corrected chi connectivity index (χ0v) is 29.0. The first-order valence-corrected chi connectivity index (χ1v) is 18.5. The molecule has 1 aliphatic carbocycles. The van der Waals surface area contributed by atoms with Gasteiger partial charge in [-0.1, -0.05) is 62.9 Å². The maximum Gasteiger partial charge on any atom is 0.407 e. The highest BCUT2D eigenvalue weighted by Gasteiger charge is 2.65. The number of benzene rings is 1. The van der Waals surface area contributed by atoms with Crippen LogP contribution in [0.25, 0.3) is 11.2 Å². The van der Waals surface area contributed by atoms with Gasteiger partial charge in [0.2, 0.25) is 0 Å². The molecule has 6 unspecified atom stereocenters. The average Bonchev–Trinajstić information content (AvgIpc) is 3.31. The standard InChI is InChI=1S/C31H44N7O7PS/c1-19(2)43-30(40)33-12-11-31(4,5)29(39)47-14-13-42-18-46(41,37-15-21-9-7-6-8-10-21)45-25-22-20(3)28(44-24(22)25)38-17-36-23-26(32)34-16-35-27(23)38/h6-10,16-17,19-20,22,24-25,28H,11-15,18H2,1-5H3,(H,33,40)(H,37,41)(H2,32,34,35). The van der Waals surface area contributed by atoms with E-state index in [2.05, 4.69) is 32.3 Å². The fourth-order valence-corrected chi connectivity index (χ4v) is 8.10. The van der Waals surface area contributed by atoms with Crippen molar-refractivity contribution in [1.82, 2.24) is 29.9 Å². The summed E-state index contributed by atoms with van der Waals surface area (Å²) in [4.78, 5) is 37.3. The van der Waals surface area contributed by atoms with E-state index in [-0.39, 0.29) is 54.4 Å². The number of carbonyl (C=O) groups excluding carboxylic acids is 2. The van der Waals surface area contributed by atoms with E-state index in [1.54, 1.807) is 20.2 Å². The van der Waals surface area contributed by atoms with Crippen molar-refractivity contribution in [3.05, 3.63) is 48.5 Å². The van der Waals surface area contributed by atoms with Crippen LogP contribution in [-0.2, 0) is 34.6 Å². The van der Waals surface area contributed by atoms with Gasteiger partial charge in [0, 0.05) is 36.1 Å². The third kappa shape index (κ3) is 8.70. The minimum absolute atomic E-state index is 0.0203. The maximum atomic E-state index is 14.1. The molecule has 0 spiro atoms. The van der Waals surface area contributed by atoms with E-state index < -0.39 is 19.0 Å². The lowest BCUT2D eigenvalue weighted by Crippen LogP contribution is -2.32. The van der Waals surface area contributed by atoms with Crippen LogP contribution in [0.2, 0.25) is 0 Å². The van der Waals surface area contributed by atoms with Gasteiger partial charge in [-0.25, -0.2) is 24.8 Å². The van der Waals surface area contributed by atoms with Gasteiger partial charge in [-0.3, -0.25) is 13.9 Å². The molecule has 0 bridgehead atoms. The van der Waals surface area contributed by atoms with E-state index in [0.29, 0.717) is 42.2 Å². The molecular formula is C31H44N7O7PS. The van der Waals surface area contributed by atoms with Crippen LogP contribution >= 0.6 is 19.3 Å². The highest BCUT2D eigenvalue weighted by atomic mass is 32.2. The van der Waals surface area contributed by atoms with Gasteiger partial charge in [0.15, 0.2) is 16.6 Å². The van der Waals surface area contributed by atoms with Crippen molar-refractivity contribution in [2.24, 2.45) is 17.3 Å². The van der Waals surface area contributed by atoms with Crippen molar-refractivity contribution < 1.29 is 32.9 Å². The number of nitrogens with one attached hydrogen (secondary N) is 2.